The van der Waals surface area contributed by atoms with Crippen LogP contribution in [-0.2, 0) is 0 Å². The van der Waals surface area contributed by atoms with Crippen LogP contribution in [0.25, 0.3) is 22.6 Å². The van der Waals surface area contributed by atoms with E-state index in [-0.39, 0.29) is 17.8 Å². The fourth-order valence-corrected chi connectivity index (χ4v) is 3.18. The topological polar surface area (TPSA) is 90.4 Å². The van der Waals surface area contributed by atoms with Crippen molar-refractivity contribution in [1.29, 1.82) is 0 Å². The normalized spacial score (nSPS) is 10.9. The van der Waals surface area contributed by atoms with Gasteiger partial charge in [0.15, 0.2) is 17.1 Å². The molecule has 2 aromatic heterocycles. The molecular formula is C20H17N3O4S. The summed E-state index contributed by atoms with van der Waals surface area (Å²) in [7, 11) is 0. The van der Waals surface area contributed by atoms with Gasteiger partial charge >= 0.3 is 6.01 Å². The number of amides is 1. The molecule has 2 heterocycles. The SMILES string of the molecule is CCOc1cccc2cc(-c3nnc(NC(=O)c4cccc(SC)c4)o3)oc12. The summed E-state index contributed by atoms with van der Waals surface area (Å²) >= 11 is 1.56. The van der Waals surface area contributed by atoms with Gasteiger partial charge < -0.3 is 13.6 Å². The molecule has 0 saturated carbocycles. The van der Waals surface area contributed by atoms with Crippen LogP contribution in [0, 0.1) is 0 Å². The Hall–Kier alpha value is -3.26. The second-order valence-electron chi connectivity index (χ2n) is 5.82. The number of ether oxygens (including phenoxy) is 1. The highest BCUT2D eigenvalue weighted by atomic mass is 32.2. The van der Waals surface area contributed by atoms with Gasteiger partial charge in [-0.25, -0.2) is 0 Å². The Bertz CT molecular complexity index is 1140. The number of nitrogens with one attached hydrogen (secondary N) is 1. The number of carbonyl (C=O) groups excluding carboxylic acids is 1. The quantitative estimate of drug-likeness (QED) is 0.466. The zero-order chi connectivity index (χ0) is 19.5. The van der Waals surface area contributed by atoms with Gasteiger partial charge in [-0.2, -0.15) is 0 Å². The van der Waals surface area contributed by atoms with E-state index in [0.29, 0.717) is 29.3 Å². The summed E-state index contributed by atoms with van der Waals surface area (Å²) in [4.78, 5) is 13.4. The summed E-state index contributed by atoms with van der Waals surface area (Å²) in [5.41, 5.74) is 1.12. The fourth-order valence-electron chi connectivity index (χ4n) is 2.72. The number of benzene rings is 2. The van der Waals surface area contributed by atoms with Crippen LogP contribution in [0.15, 0.2) is 62.3 Å². The third kappa shape index (κ3) is 3.59. The molecule has 1 N–H and O–H groups in total. The van der Waals surface area contributed by atoms with Crippen molar-refractivity contribution in [3.8, 4) is 17.4 Å². The summed E-state index contributed by atoms with van der Waals surface area (Å²) in [6.07, 6.45) is 1.95. The summed E-state index contributed by atoms with van der Waals surface area (Å²) in [6, 6.07) is 14.7. The second-order valence-corrected chi connectivity index (χ2v) is 6.70. The first kappa shape index (κ1) is 18.1. The van der Waals surface area contributed by atoms with Gasteiger partial charge in [-0.1, -0.05) is 23.3 Å². The minimum atomic E-state index is -0.325. The zero-order valence-corrected chi connectivity index (χ0v) is 16.1. The first-order valence-corrected chi connectivity index (χ1v) is 9.85. The lowest BCUT2D eigenvalue weighted by atomic mass is 10.2. The van der Waals surface area contributed by atoms with Crippen LogP contribution < -0.4 is 10.1 Å². The Labute approximate surface area is 165 Å². The van der Waals surface area contributed by atoms with Crippen LogP contribution in [0.1, 0.15) is 17.3 Å². The van der Waals surface area contributed by atoms with Crippen molar-refractivity contribution < 1.29 is 18.4 Å². The van der Waals surface area contributed by atoms with Crippen LogP contribution in [-0.4, -0.2) is 29.0 Å². The maximum atomic E-state index is 12.4. The minimum absolute atomic E-state index is 0.0000392. The summed E-state index contributed by atoms with van der Waals surface area (Å²) in [5, 5.41) is 11.3. The maximum absolute atomic E-state index is 12.4. The van der Waals surface area contributed by atoms with Crippen molar-refractivity contribution in [2.75, 3.05) is 18.2 Å². The van der Waals surface area contributed by atoms with E-state index in [1.165, 1.54) is 0 Å². The van der Waals surface area contributed by atoms with Crippen LogP contribution in [0.4, 0.5) is 6.01 Å². The average molecular weight is 395 g/mol. The molecule has 8 heteroatoms. The number of para-hydroxylation sites is 1. The van der Waals surface area contributed by atoms with Gasteiger partial charge in [0.2, 0.25) is 0 Å². The van der Waals surface area contributed by atoms with Gasteiger partial charge in [0.1, 0.15) is 0 Å². The number of furan rings is 1. The van der Waals surface area contributed by atoms with Crippen molar-refractivity contribution in [2.24, 2.45) is 0 Å². The lowest BCUT2D eigenvalue weighted by molar-refractivity contribution is 0.102. The van der Waals surface area contributed by atoms with E-state index < -0.39 is 0 Å². The summed E-state index contributed by atoms with van der Waals surface area (Å²) < 4.78 is 17.0. The van der Waals surface area contributed by atoms with Gasteiger partial charge in [0, 0.05) is 15.8 Å². The average Bonchev–Trinajstić information content (AvgIpc) is 3.35. The van der Waals surface area contributed by atoms with E-state index in [9.17, 15) is 4.79 Å². The van der Waals surface area contributed by atoms with Gasteiger partial charge in [-0.3, -0.25) is 10.1 Å². The van der Waals surface area contributed by atoms with Gasteiger partial charge in [-0.05, 0) is 43.5 Å². The molecule has 4 rings (SSSR count). The Morgan fingerprint density at radius 2 is 2.00 bits per heavy atom. The summed E-state index contributed by atoms with van der Waals surface area (Å²) in [6.45, 7) is 2.44. The minimum Gasteiger partial charge on any atom is -0.490 e. The molecule has 4 aromatic rings. The highest BCUT2D eigenvalue weighted by Gasteiger charge is 2.17. The van der Waals surface area contributed by atoms with Gasteiger partial charge in [-0.15, -0.1) is 16.9 Å². The van der Waals surface area contributed by atoms with Crippen molar-refractivity contribution in [3.05, 3.63) is 54.1 Å². The number of carbonyl (C=O) groups is 1. The molecule has 2 aromatic carbocycles. The Kier molecular flexibility index (Phi) is 5.03. The number of aromatic nitrogens is 2. The second kappa shape index (κ2) is 7.77. The van der Waals surface area contributed by atoms with E-state index in [0.717, 1.165) is 10.3 Å². The standard InChI is InChI=1S/C20H17N3O4S/c1-3-25-15-9-5-6-12-11-16(26-17(12)15)19-22-23-20(27-19)21-18(24)13-7-4-8-14(10-13)28-2/h4-11H,3H2,1-2H3,(H,21,23,24). The smallest absolute Gasteiger partial charge is 0.322 e. The van der Waals surface area contributed by atoms with Gasteiger partial charge in [0.05, 0.1) is 6.61 Å². The molecule has 0 spiro atoms. The van der Waals surface area contributed by atoms with E-state index in [1.807, 2.05) is 43.5 Å². The Balaban J connectivity index is 1.56. The number of nitrogens with zero attached hydrogens (tertiary/aromatic N) is 2. The molecule has 0 saturated heterocycles. The lowest BCUT2D eigenvalue weighted by Crippen LogP contribution is -2.12. The summed E-state index contributed by atoms with van der Waals surface area (Å²) in [5.74, 6) is 0.897. The molecule has 1 amide bonds. The lowest BCUT2D eigenvalue weighted by Gasteiger charge is -2.02. The monoisotopic (exact) mass is 395 g/mol. The fraction of sp³-hybridized carbons (Fsp3) is 0.150. The highest BCUT2D eigenvalue weighted by molar-refractivity contribution is 7.98. The first-order valence-electron chi connectivity index (χ1n) is 8.62. The third-order valence-electron chi connectivity index (χ3n) is 4.00. The van der Waals surface area contributed by atoms with E-state index in [1.54, 1.807) is 30.0 Å². The van der Waals surface area contributed by atoms with Crippen molar-refractivity contribution >= 4 is 34.7 Å². The predicted molar refractivity (Wildman–Crippen MR) is 107 cm³/mol. The largest absolute Gasteiger partial charge is 0.490 e. The third-order valence-corrected chi connectivity index (χ3v) is 4.72. The van der Waals surface area contributed by atoms with Crippen LogP contribution in [0.2, 0.25) is 0 Å². The van der Waals surface area contributed by atoms with Crippen molar-refractivity contribution in [1.82, 2.24) is 10.2 Å². The zero-order valence-electron chi connectivity index (χ0n) is 15.3. The molecule has 0 unspecified atom stereocenters. The molecule has 0 atom stereocenters. The molecule has 142 valence electrons. The Morgan fingerprint density at radius 1 is 1.14 bits per heavy atom. The molecule has 0 radical (unpaired) electrons. The van der Waals surface area contributed by atoms with Crippen LogP contribution in [0.5, 0.6) is 5.75 Å². The van der Waals surface area contributed by atoms with E-state index in [4.69, 9.17) is 13.6 Å². The van der Waals surface area contributed by atoms with Crippen molar-refractivity contribution in [2.45, 2.75) is 11.8 Å². The Morgan fingerprint density at radius 3 is 2.82 bits per heavy atom. The molecule has 0 bridgehead atoms. The number of hydrogen-bond donors (Lipinski definition) is 1. The van der Waals surface area contributed by atoms with Gasteiger partial charge in [0.25, 0.3) is 11.8 Å². The predicted octanol–water partition coefficient (Wildman–Crippen LogP) is 4.86. The molecule has 0 aliphatic rings. The van der Waals surface area contributed by atoms with E-state index in [2.05, 4.69) is 15.5 Å². The number of fused-ring (bicyclic) bond motifs is 1. The molecule has 0 aliphatic heterocycles. The maximum Gasteiger partial charge on any atom is 0.322 e. The van der Waals surface area contributed by atoms with Crippen molar-refractivity contribution in [3.63, 3.8) is 0 Å². The molecule has 0 fully saturated rings. The molecule has 7 nitrogen and oxygen atoms in total. The number of thioether (sulfide) groups is 1. The number of anilines is 1. The molecule has 0 aliphatic carbocycles. The highest BCUT2D eigenvalue weighted by Crippen LogP contribution is 2.33. The van der Waals surface area contributed by atoms with Crippen LogP contribution in [0.3, 0.4) is 0 Å². The molecular weight excluding hydrogens is 378 g/mol. The first-order chi connectivity index (χ1) is 13.7. The van der Waals surface area contributed by atoms with E-state index >= 15 is 0 Å². The van der Waals surface area contributed by atoms with Crippen LogP contribution >= 0.6 is 11.8 Å². The number of hydrogen-bond acceptors (Lipinski definition) is 7. The number of rotatable bonds is 6. The molecule has 28 heavy (non-hydrogen) atoms.